The molecule has 0 bridgehead atoms. The fourth-order valence-corrected chi connectivity index (χ4v) is 2.57. The van der Waals surface area contributed by atoms with Gasteiger partial charge in [0.15, 0.2) is 6.61 Å². The zero-order valence-electron chi connectivity index (χ0n) is 16.8. The number of rotatable bonds is 11. The molecule has 8 heteroatoms. The first-order chi connectivity index (χ1) is 13.9. The molecular formula is C21H26N2O6. The minimum Gasteiger partial charge on any atom is -0.497 e. The van der Waals surface area contributed by atoms with Crippen LogP contribution in [0.1, 0.15) is 20.3 Å². The molecule has 0 heterocycles. The molecule has 0 aliphatic rings. The Hall–Kier alpha value is -3.13. The van der Waals surface area contributed by atoms with Crippen LogP contribution >= 0.6 is 0 Å². The van der Waals surface area contributed by atoms with Crippen LogP contribution in [0.3, 0.4) is 0 Å². The summed E-state index contributed by atoms with van der Waals surface area (Å²) in [6, 6.07) is 11.3. The Labute approximate surface area is 169 Å². The predicted molar refractivity (Wildman–Crippen MR) is 109 cm³/mol. The van der Waals surface area contributed by atoms with Crippen LogP contribution < -0.4 is 14.8 Å². The molecule has 0 fully saturated rings. The number of nitro groups is 1. The van der Waals surface area contributed by atoms with Crippen molar-refractivity contribution in [2.45, 2.75) is 26.4 Å². The van der Waals surface area contributed by atoms with Gasteiger partial charge in [0.05, 0.1) is 18.1 Å². The van der Waals surface area contributed by atoms with Crippen molar-refractivity contribution in [3.63, 3.8) is 0 Å². The molecule has 0 aromatic heterocycles. The summed E-state index contributed by atoms with van der Waals surface area (Å²) in [6.45, 7) is 4.78. The molecule has 0 saturated carbocycles. The number of non-ortho nitro benzene ring substituents is 1. The highest BCUT2D eigenvalue weighted by atomic mass is 16.6. The molecular weight excluding hydrogens is 376 g/mol. The maximum absolute atomic E-state index is 12.0. The number of methoxy groups -OCH3 is 1. The van der Waals surface area contributed by atoms with E-state index in [1.54, 1.807) is 31.4 Å². The number of carbonyl (C=O) groups excluding carboxylic acids is 1. The standard InChI is InChI=1S/C21H26N2O6/c1-15(2)28-12-4-11-22-21(24)14-29-20-10-7-17(23(25)26)13-19(20)16-5-8-18(27-3)9-6-16/h5-10,13,15H,4,11-12,14H2,1-3H3,(H,22,24). The minimum absolute atomic E-state index is 0.0576. The highest BCUT2D eigenvalue weighted by Crippen LogP contribution is 2.34. The van der Waals surface area contributed by atoms with E-state index >= 15 is 0 Å². The lowest BCUT2D eigenvalue weighted by molar-refractivity contribution is -0.384. The minimum atomic E-state index is -0.470. The average Bonchev–Trinajstić information content (AvgIpc) is 2.71. The second-order valence-corrected chi connectivity index (χ2v) is 6.58. The average molecular weight is 402 g/mol. The quantitative estimate of drug-likeness (QED) is 0.350. The van der Waals surface area contributed by atoms with Crippen LogP contribution in [0.2, 0.25) is 0 Å². The van der Waals surface area contributed by atoms with Gasteiger partial charge in [-0.15, -0.1) is 0 Å². The van der Waals surface area contributed by atoms with Gasteiger partial charge in [0.25, 0.3) is 11.6 Å². The molecule has 0 aliphatic heterocycles. The van der Waals surface area contributed by atoms with Gasteiger partial charge in [0.1, 0.15) is 11.5 Å². The van der Waals surface area contributed by atoms with Gasteiger partial charge in [-0.05, 0) is 44.0 Å². The maximum Gasteiger partial charge on any atom is 0.270 e. The lowest BCUT2D eigenvalue weighted by atomic mass is 10.0. The van der Waals surface area contributed by atoms with Gasteiger partial charge in [-0.3, -0.25) is 14.9 Å². The van der Waals surface area contributed by atoms with Crippen molar-refractivity contribution in [1.29, 1.82) is 0 Å². The van der Waals surface area contributed by atoms with E-state index in [0.29, 0.717) is 36.6 Å². The number of benzene rings is 2. The maximum atomic E-state index is 12.0. The first-order valence-corrected chi connectivity index (χ1v) is 9.34. The van der Waals surface area contributed by atoms with Gasteiger partial charge in [-0.1, -0.05) is 12.1 Å². The van der Waals surface area contributed by atoms with E-state index in [-0.39, 0.29) is 24.3 Å². The summed E-state index contributed by atoms with van der Waals surface area (Å²) in [6.07, 6.45) is 0.867. The SMILES string of the molecule is COc1ccc(-c2cc([N+](=O)[O-])ccc2OCC(=O)NCCCOC(C)C)cc1. The van der Waals surface area contributed by atoms with E-state index in [4.69, 9.17) is 14.2 Å². The molecule has 1 amide bonds. The summed E-state index contributed by atoms with van der Waals surface area (Å²) in [5.41, 5.74) is 1.19. The molecule has 29 heavy (non-hydrogen) atoms. The van der Waals surface area contributed by atoms with Crippen molar-refractivity contribution in [1.82, 2.24) is 5.32 Å². The predicted octanol–water partition coefficient (Wildman–Crippen LogP) is 3.58. The third kappa shape index (κ3) is 7.08. The zero-order chi connectivity index (χ0) is 21.2. The molecule has 0 saturated heterocycles. The molecule has 2 aromatic rings. The van der Waals surface area contributed by atoms with Crippen molar-refractivity contribution in [3.05, 3.63) is 52.6 Å². The van der Waals surface area contributed by atoms with Crippen molar-refractivity contribution < 1.29 is 23.9 Å². The summed E-state index contributed by atoms with van der Waals surface area (Å²) >= 11 is 0. The number of nitrogens with one attached hydrogen (secondary N) is 1. The monoisotopic (exact) mass is 402 g/mol. The topological polar surface area (TPSA) is 99.9 Å². The molecule has 2 rings (SSSR count). The normalized spacial score (nSPS) is 10.6. The van der Waals surface area contributed by atoms with Crippen LogP contribution in [0.5, 0.6) is 11.5 Å². The molecule has 1 N–H and O–H groups in total. The summed E-state index contributed by atoms with van der Waals surface area (Å²) < 4.78 is 16.2. The molecule has 2 aromatic carbocycles. The Balaban J connectivity index is 2.03. The first kappa shape index (κ1) is 22.2. The second-order valence-electron chi connectivity index (χ2n) is 6.58. The molecule has 0 radical (unpaired) electrons. The largest absolute Gasteiger partial charge is 0.497 e. The van der Waals surface area contributed by atoms with Crippen LogP contribution in [0.4, 0.5) is 5.69 Å². The van der Waals surface area contributed by atoms with Crippen LogP contribution in [-0.4, -0.2) is 43.8 Å². The van der Waals surface area contributed by atoms with Gasteiger partial charge in [-0.2, -0.15) is 0 Å². The lowest BCUT2D eigenvalue weighted by Crippen LogP contribution is -2.30. The van der Waals surface area contributed by atoms with E-state index in [1.165, 1.54) is 18.2 Å². The van der Waals surface area contributed by atoms with Gasteiger partial charge >= 0.3 is 0 Å². The number of nitro benzene ring substituents is 1. The van der Waals surface area contributed by atoms with E-state index in [0.717, 1.165) is 5.56 Å². The van der Waals surface area contributed by atoms with E-state index in [2.05, 4.69) is 5.32 Å². The summed E-state index contributed by atoms with van der Waals surface area (Å²) in [4.78, 5) is 22.7. The van der Waals surface area contributed by atoms with E-state index < -0.39 is 4.92 Å². The third-order valence-electron chi connectivity index (χ3n) is 4.03. The third-order valence-corrected chi connectivity index (χ3v) is 4.03. The van der Waals surface area contributed by atoms with Crippen LogP contribution in [-0.2, 0) is 9.53 Å². The van der Waals surface area contributed by atoms with Crippen LogP contribution in [0.25, 0.3) is 11.1 Å². The molecule has 0 atom stereocenters. The Morgan fingerprint density at radius 1 is 1.17 bits per heavy atom. The van der Waals surface area contributed by atoms with Crippen LogP contribution in [0, 0.1) is 10.1 Å². The fourth-order valence-electron chi connectivity index (χ4n) is 2.57. The highest BCUT2D eigenvalue weighted by molar-refractivity contribution is 5.78. The molecule has 0 spiro atoms. The summed E-state index contributed by atoms with van der Waals surface area (Å²) in [5, 5.41) is 13.9. The Kier molecular flexibility index (Phi) is 8.42. The van der Waals surface area contributed by atoms with Gasteiger partial charge in [0.2, 0.25) is 0 Å². The smallest absolute Gasteiger partial charge is 0.270 e. The number of hydrogen-bond acceptors (Lipinski definition) is 6. The molecule has 0 unspecified atom stereocenters. The highest BCUT2D eigenvalue weighted by Gasteiger charge is 2.15. The van der Waals surface area contributed by atoms with Crippen molar-refractivity contribution >= 4 is 11.6 Å². The van der Waals surface area contributed by atoms with Gasteiger partial charge in [0, 0.05) is 30.8 Å². The molecule has 156 valence electrons. The zero-order valence-corrected chi connectivity index (χ0v) is 16.8. The lowest BCUT2D eigenvalue weighted by Gasteiger charge is -2.13. The fraction of sp³-hybridized carbons (Fsp3) is 0.381. The van der Waals surface area contributed by atoms with E-state index in [9.17, 15) is 14.9 Å². The van der Waals surface area contributed by atoms with Gasteiger partial charge < -0.3 is 19.5 Å². The van der Waals surface area contributed by atoms with Crippen LogP contribution in [0.15, 0.2) is 42.5 Å². The number of nitrogens with zero attached hydrogens (tertiary/aromatic N) is 1. The van der Waals surface area contributed by atoms with Gasteiger partial charge in [-0.25, -0.2) is 0 Å². The van der Waals surface area contributed by atoms with Crippen molar-refractivity contribution in [2.75, 3.05) is 26.9 Å². The Morgan fingerprint density at radius 3 is 2.52 bits per heavy atom. The van der Waals surface area contributed by atoms with Crippen molar-refractivity contribution in [3.8, 4) is 22.6 Å². The number of carbonyl (C=O) groups is 1. The molecule has 0 aliphatic carbocycles. The van der Waals surface area contributed by atoms with Crippen molar-refractivity contribution in [2.24, 2.45) is 0 Å². The second kappa shape index (κ2) is 11.0. The Bertz CT molecular complexity index is 820. The van der Waals surface area contributed by atoms with E-state index in [1.807, 2.05) is 13.8 Å². The molecule has 8 nitrogen and oxygen atoms in total. The number of amides is 1. The summed E-state index contributed by atoms with van der Waals surface area (Å²) in [5.74, 6) is 0.787. The first-order valence-electron chi connectivity index (χ1n) is 9.34. The number of hydrogen-bond donors (Lipinski definition) is 1. The summed E-state index contributed by atoms with van der Waals surface area (Å²) in [7, 11) is 1.56. The number of ether oxygens (including phenoxy) is 3. The Morgan fingerprint density at radius 2 is 1.90 bits per heavy atom.